The molecule has 2 aliphatic carbocycles. The predicted molar refractivity (Wildman–Crippen MR) is 89.9 cm³/mol. The maximum atomic E-state index is 13.2. The third-order valence-electron chi connectivity index (χ3n) is 6.58. The van der Waals surface area contributed by atoms with Crippen molar-refractivity contribution in [3.05, 3.63) is 45.3 Å². The van der Waals surface area contributed by atoms with Gasteiger partial charge in [0, 0.05) is 23.2 Å². The first-order valence-electron chi connectivity index (χ1n) is 8.76. The fraction of sp³-hybridized carbons (Fsp3) is 0.444. The van der Waals surface area contributed by atoms with Crippen LogP contribution in [0.15, 0.2) is 28.4 Å². The van der Waals surface area contributed by atoms with Crippen LogP contribution in [-0.4, -0.2) is 40.7 Å². The molecule has 2 saturated heterocycles. The van der Waals surface area contributed by atoms with Crippen molar-refractivity contribution < 1.29 is 14.3 Å². The van der Waals surface area contributed by atoms with Crippen LogP contribution in [0.4, 0.5) is 0 Å². The van der Waals surface area contributed by atoms with E-state index in [0.29, 0.717) is 5.69 Å². The molecular weight excluding hydrogens is 338 g/mol. The van der Waals surface area contributed by atoms with Crippen LogP contribution in [-0.2, 0) is 16.0 Å². The molecule has 0 aromatic carbocycles. The second-order valence-corrected chi connectivity index (χ2v) is 8.92. The lowest BCUT2D eigenvalue weighted by molar-refractivity contribution is -0.115. The summed E-state index contributed by atoms with van der Waals surface area (Å²) in [6.07, 6.45) is 5.15. The van der Waals surface area contributed by atoms with Gasteiger partial charge in [-0.2, -0.15) is 0 Å². The van der Waals surface area contributed by atoms with Crippen molar-refractivity contribution in [2.24, 2.45) is 5.41 Å². The van der Waals surface area contributed by atoms with Gasteiger partial charge in [-0.05, 0) is 30.1 Å². The molecule has 126 valence electrons. The van der Waals surface area contributed by atoms with E-state index >= 15 is 0 Å². The molecule has 2 fully saturated rings. The Balaban J connectivity index is 1.54. The molecule has 7 rings (SSSR count). The maximum absolute atomic E-state index is 13.2. The molecule has 3 N–H and O–H groups in total. The minimum absolute atomic E-state index is 0.0197. The van der Waals surface area contributed by atoms with Gasteiger partial charge in [0.05, 0.1) is 28.2 Å². The van der Waals surface area contributed by atoms with Gasteiger partial charge >= 0.3 is 0 Å². The lowest BCUT2D eigenvalue weighted by atomic mass is 9.62. The Morgan fingerprint density at radius 2 is 2.24 bits per heavy atom. The minimum atomic E-state index is -0.319. The fourth-order valence-corrected chi connectivity index (χ4v) is 7.11. The summed E-state index contributed by atoms with van der Waals surface area (Å²) in [6.45, 7) is 0.888. The maximum Gasteiger partial charge on any atom is 0.225 e. The molecule has 1 spiro atoms. The number of thioether (sulfide) groups is 1. The van der Waals surface area contributed by atoms with E-state index in [-0.39, 0.29) is 40.6 Å². The minimum Gasteiger partial charge on any atom is -0.370 e. The van der Waals surface area contributed by atoms with Gasteiger partial charge in [-0.25, -0.2) is 0 Å². The third kappa shape index (κ3) is 1.34. The number of epoxide rings is 1. The molecule has 1 aromatic heterocycles. The third-order valence-corrected chi connectivity index (χ3v) is 7.89. The highest BCUT2D eigenvalue weighted by Gasteiger charge is 2.70. The highest BCUT2D eigenvalue weighted by atomic mass is 32.2. The number of Topliss-reactive ketones (excluding diaryl/α,β-unsaturated/α-hetero) is 1. The first kappa shape index (κ1) is 13.4. The van der Waals surface area contributed by atoms with Gasteiger partial charge in [-0.15, -0.1) is 11.8 Å². The number of hydrogen-bond acceptors (Lipinski definition) is 6. The number of rotatable bonds is 0. The lowest BCUT2D eigenvalue weighted by Crippen LogP contribution is -2.50. The topological polar surface area (TPSA) is 86.5 Å². The molecule has 1 aromatic rings. The molecule has 1 unspecified atom stereocenters. The van der Waals surface area contributed by atoms with Crippen LogP contribution in [0.2, 0.25) is 0 Å². The molecule has 5 heterocycles. The van der Waals surface area contributed by atoms with Crippen molar-refractivity contribution in [3.63, 3.8) is 0 Å². The average molecular weight is 353 g/mol. The zero-order valence-electron chi connectivity index (χ0n) is 13.2. The van der Waals surface area contributed by atoms with Gasteiger partial charge in [-0.1, -0.05) is 0 Å². The molecule has 25 heavy (non-hydrogen) atoms. The van der Waals surface area contributed by atoms with Gasteiger partial charge < -0.3 is 20.4 Å². The normalized spacial score (nSPS) is 42.2. The number of carbonyl (C=O) groups is 2. The molecule has 6 aliphatic rings. The molecule has 6 nitrogen and oxygen atoms in total. The summed E-state index contributed by atoms with van der Waals surface area (Å²) >= 11 is 1.69. The van der Waals surface area contributed by atoms with Crippen LogP contribution in [0.25, 0.3) is 0 Å². The van der Waals surface area contributed by atoms with Crippen molar-refractivity contribution in [2.45, 2.75) is 36.5 Å². The Hall–Kier alpha value is -1.83. The van der Waals surface area contributed by atoms with Crippen molar-refractivity contribution >= 4 is 23.3 Å². The number of fused-ring (bicyclic) bond motifs is 3. The van der Waals surface area contributed by atoms with Crippen LogP contribution < -0.4 is 10.6 Å². The van der Waals surface area contributed by atoms with Crippen LogP contribution in [0.1, 0.15) is 34.1 Å². The van der Waals surface area contributed by atoms with Gasteiger partial charge in [0.15, 0.2) is 5.78 Å². The second-order valence-electron chi connectivity index (χ2n) is 7.67. The number of hydrogen-bond donors (Lipinski definition) is 3. The SMILES string of the molecule is O=C1C2=C(C3NCCc4c[nH]c1c43)[C@@]13C[C@@H](N2)SC1=CC(=O)[C@H]1O[C@H]13. The summed E-state index contributed by atoms with van der Waals surface area (Å²) in [7, 11) is 0. The summed E-state index contributed by atoms with van der Waals surface area (Å²) in [6, 6.07) is 0.0197. The zero-order valence-corrected chi connectivity index (χ0v) is 14.0. The van der Waals surface area contributed by atoms with Gasteiger partial charge in [-0.3, -0.25) is 9.59 Å². The van der Waals surface area contributed by atoms with Crippen LogP contribution in [0.3, 0.4) is 0 Å². The Labute approximate surface area is 147 Å². The number of ketones is 2. The lowest BCUT2D eigenvalue weighted by Gasteiger charge is -2.44. The van der Waals surface area contributed by atoms with Crippen molar-refractivity contribution in [1.82, 2.24) is 15.6 Å². The molecule has 7 heteroatoms. The summed E-state index contributed by atoms with van der Waals surface area (Å²) < 4.78 is 5.85. The molecule has 5 atom stereocenters. The number of aromatic nitrogens is 1. The molecule has 0 radical (unpaired) electrons. The van der Waals surface area contributed by atoms with Gasteiger partial charge in [0.2, 0.25) is 5.78 Å². The molecule has 0 amide bonds. The van der Waals surface area contributed by atoms with E-state index in [1.807, 2.05) is 6.20 Å². The smallest absolute Gasteiger partial charge is 0.225 e. The standard InChI is InChI=1S/C18H15N3O3S/c22-7-3-8-18(17-16(7)24-17)4-9(25-8)21-14-11(18)12-10-6(1-2-19-12)5-20-13(10)15(14)23/h3,5,9,12,16-17,19-21H,1-2,4H2/t9-,12?,16+,17+,18+/m0/s1. The Bertz CT molecular complexity index is 976. The van der Waals surface area contributed by atoms with Crippen molar-refractivity contribution in [1.29, 1.82) is 0 Å². The van der Waals surface area contributed by atoms with Crippen LogP contribution in [0.5, 0.6) is 0 Å². The zero-order chi connectivity index (χ0) is 16.5. The van der Waals surface area contributed by atoms with Gasteiger partial charge in [0.25, 0.3) is 0 Å². The van der Waals surface area contributed by atoms with E-state index in [0.717, 1.165) is 41.1 Å². The second kappa shape index (κ2) is 3.95. The first-order chi connectivity index (χ1) is 12.2. The monoisotopic (exact) mass is 353 g/mol. The fourth-order valence-electron chi connectivity index (χ4n) is 5.58. The number of aromatic amines is 1. The quantitative estimate of drug-likeness (QED) is 0.602. The molecule has 4 aliphatic heterocycles. The van der Waals surface area contributed by atoms with E-state index < -0.39 is 0 Å². The number of nitrogens with one attached hydrogen (secondary N) is 3. The number of carbonyl (C=O) groups excluding carboxylic acids is 2. The Kier molecular flexibility index (Phi) is 2.11. The number of H-pyrrole nitrogens is 1. The Morgan fingerprint density at radius 3 is 3.16 bits per heavy atom. The average Bonchev–Trinajstić information content (AvgIpc) is 3.23. The van der Waals surface area contributed by atoms with Crippen molar-refractivity contribution in [2.75, 3.05) is 6.54 Å². The highest BCUT2D eigenvalue weighted by molar-refractivity contribution is 8.04. The van der Waals surface area contributed by atoms with Crippen molar-refractivity contribution in [3.8, 4) is 0 Å². The van der Waals surface area contributed by atoms with Crippen LogP contribution >= 0.6 is 11.8 Å². The predicted octanol–water partition coefficient (Wildman–Crippen LogP) is 0.939. The van der Waals surface area contributed by atoms with E-state index in [9.17, 15) is 9.59 Å². The van der Waals surface area contributed by atoms with Gasteiger partial charge in [0.1, 0.15) is 12.2 Å². The van der Waals surface area contributed by atoms with E-state index in [2.05, 4.69) is 15.6 Å². The molecular formula is C18H15N3O3S. The van der Waals surface area contributed by atoms with E-state index in [4.69, 9.17) is 4.74 Å². The summed E-state index contributed by atoms with van der Waals surface area (Å²) in [5, 5.41) is 7.23. The largest absolute Gasteiger partial charge is 0.370 e. The van der Waals surface area contributed by atoms with E-state index in [1.54, 1.807) is 17.8 Å². The Morgan fingerprint density at radius 1 is 1.32 bits per heavy atom. The van der Waals surface area contributed by atoms with E-state index in [1.165, 1.54) is 5.56 Å². The first-order valence-corrected chi connectivity index (χ1v) is 9.64. The summed E-state index contributed by atoms with van der Waals surface area (Å²) in [5.74, 6) is 0.130. The number of allylic oxidation sites excluding steroid dienone is 1. The summed E-state index contributed by atoms with van der Waals surface area (Å²) in [4.78, 5) is 29.7. The number of ether oxygens (including phenoxy) is 1. The highest BCUT2D eigenvalue weighted by Crippen LogP contribution is 2.68. The van der Waals surface area contributed by atoms with Crippen LogP contribution in [0, 0.1) is 5.41 Å². The summed E-state index contributed by atoms with van der Waals surface area (Å²) in [5.41, 5.74) is 4.56. The molecule has 0 saturated carbocycles. The molecule has 2 bridgehead atoms.